The lowest BCUT2D eigenvalue weighted by Crippen LogP contribution is -2.24. The number of hydrogen-bond donors (Lipinski definition) is 0. The Labute approximate surface area is 142 Å². The molecule has 0 radical (unpaired) electrons. The summed E-state index contributed by atoms with van der Waals surface area (Å²) < 4.78 is 5.37. The van der Waals surface area contributed by atoms with Crippen LogP contribution >= 0.6 is 0 Å². The first-order valence-electron chi connectivity index (χ1n) is 8.39. The predicted octanol–water partition coefficient (Wildman–Crippen LogP) is 3.90. The van der Waals surface area contributed by atoms with E-state index in [9.17, 15) is 0 Å². The second kappa shape index (κ2) is 6.11. The molecular formula is C20H21N3O. The quantitative estimate of drug-likeness (QED) is 0.718. The first-order chi connectivity index (χ1) is 11.7. The van der Waals surface area contributed by atoms with Crippen molar-refractivity contribution >= 4 is 16.7 Å². The lowest BCUT2D eigenvalue weighted by atomic mass is 10.0. The lowest BCUT2D eigenvalue weighted by Gasteiger charge is -2.23. The van der Waals surface area contributed by atoms with E-state index >= 15 is 0 Å². The predicted molar refractivity (Wildman–Crippen MR) is 96.6 cm³/mol. The van der Waals surface area contributed by atoms with Crippen LogP contribution in [0.5, 0.6) is 5.75 Å². The number of fused-ring (bicyclic) bond motifs is 2. The van der Waals surface area contributed by atoms with E-state index in [2.05, 4.69) is 40.2 Å². The van der Waals surface area contributed by atoms with Crippen LogP contribution in [-0.2, 0) is 13.0 Å². The van der Waals surface area contributed by atoms with E-state index in [0.29, 0.717) is 0 Å². The molecule has 1 aliphatic rings. The number of aromatic nitrogens is 2. The molecule has 0 bridgehead atoms. The molecule has 4 nitrogen and oxygen atoms in total. The summed E-state index contributed by atoms with van der Waals surface area (Å²) in [5.41, 5.74) is 3.75. The monoisotopic (exact) mass is 319 g/mol. The maximum atomic E-state index is 5.37. The molecule has 0 aliphatic carbocycles. The topological polar surface area (TPSA) is 38.2 Å². The molecule has 2 aromatic carbocycles. The van der Waals surface area contributed by atoms with Crippen molar-refractivity contribution < 1.29 is 4.74 Å². The van der Waals surface area contributed by atoms with E-state index in [-0.39, 0.29) is 0 Å². The Kier molecular flexibility index (Phi) is 3.81. The molecule has 2 heterocycles. The Morgan fingerprint density at radius 1 is 1.04 bits per heavy atom. The summed E-state index contributed by atoms with van der Waals surface area (Å²) in [7, 11) is 1.72. The highest BCUT2D eigenvalue weighted by atomic mass is 16.5. The molecule has 0 N–H and O–H groups in total. The minimum Gasteiger partial charge on any atom is -0.497 e. The van der Waals surface area contributed by atoms with Gasteiger partial charge in [-0.05, 0) is 55.2 Å². The van der Waals surface area contributed by atoms with Crippen molar-refractivity contribution in [3.8, 4) is 5.75 Å². The van der Waals surface area contributed by atoms with Gasteiger partial charge in [0.05, 0.1) is 12.6 Å². The summed E-state index contributed by atoms with van der Waals surface area (Å²) in [6.45, 7) is 3.84. The van der Waals surface area contributed by atoms with Crippen molar-refractivity contribution in [2.24, 2.45) is 0 Å². The van der Waals surface area contributed by atoms with Crippen molar-refractivity contribution in [1.82, 2.24) is 9.97 Å². The Balaban J connectivity index is 1.77. The van der Waals surface area contributed by atoms with Crippen LogP contribution in [0, 0.1) is 6.92 Å². The van der Waals surface area contributed by atoms with Crippen molar-refractivity contribution in [2.45, 2.75) is 26.3 Å². The highest BCUT2D eigenvalue weighted by Gasteiger charge is 2.19. The smallest absolute Gasteiger partial charge is 0.140 e. The van der Waals surface area contributed by atoms with Crippen molar-refractivity contribution in [3.05, 3.63) is 59.4 Å². The van der Waals surface area contributed by atoms with Gasteiger partial charge in [-0.15, -0.1) is 0 Å². The Morgan fingerprint density at radius 3 is 2.79 bits per heavy atom. The van der Waals surface area contributed by atoms with Gasteiger partial charge in [0.1, 0.15) is 17.4 Å². The SMILES string of the molecule is COc1ccc2c(c1)CCCN(c1nc(C)nc3ccccc13)C2. The number of rotatable bonds is 2. The minimum absolute atomic E-state index is 0.822. The summed E-state index contributed by atoms with van der Waals surface area (Å²) in [4.78, 5) is 11.7. The molecule has 122 valence electrons. The van der Waals surface area contributed by atoms with Crippen LogP contribution in [0.2, 0.25) is 0 Å². The van der Waals surface area contributed by atoms with Crippen LogP contribution in [0.25, 0.3) is 10.9 Å². The largest absolute Gasteiger partial charge is 0.497 e. The molecule has 1 aliphatic heterocycles. The molecule has 4 rings (SSSR count). The van der Waals surface area contributed by atoms with Crippen molar-refractivity contribution in [1.29, 1.82) is 0 Å². The highest BCUT2D eigenvalue weighted by molar-refractivity contribution is 5.89. The molecular weight excluding hydrogens is 298 g/mol. The van der Waals surface area contributed by atoms with Gasteiger partial charge in [0.25, 0.3) is 0 Å². The molecule has 0 saturated heterocycles. The molecule has 0 fully saturated rings. The maximum absolute atomic E-state index is 5.37. The van der Waals surface area contributed by atoms with E-state index in [1.807, 2.05) is 19.1 Å². The van der Waals surface area contributed by atoms with Gasteiger partial charge in [-0.1, -0.05) is 18.2 Å². The molecule has 0 amide bonds. The number of ether oxygens (including phenoxy) is 1. The number of aryl methyl sites for hydroxylation is 2. The average Bonchev–Trinajstić information content (AvgIpc) is 2.82. The molecule has 3 aromatic rings. The second-order valence-electron chi connectivity index (χ2n) is 6.27. The zero-order valence-corrected chi connectivity index (χ0v) is 14.1. The van der Waals surface area contributed by atoms with E-state index in [1.165, 1.54) is 11.1 Å². The highest BCUT2D eigenvalue weighted by Crippen LogP contribution is 2.29. The van der Waals surface area contributed by atoms with Gasteiger partial charge in [0.2, 0.25) is 0 Å². The summed E-state index contributed by atoms with van der Waals surface area (Å²) in [6, 6.07) is 14.7. The van der Waals surface area contributed by atoms with E-state index in [0.717, 1.165) is 54.2 Å². The van der Waals surface area contributed by atoms with Crippen LogP contribution in [0.3, 0.4) is 0 Å². The number of anilines is 1. The number of benzene rings is 2. The van der Waals surface area contributed by atoms with Crippen molar-refractivity contribution in [2.75, 3.05) is 18.6 Å². The minimum atomic E-state index is 0.822. The number of para-hydroxylation sites is 1. The van der Waals surface area contributed by atoms with Crippen LogP contribution in [0.1, 0.15) is 23.4 Å². The molecule has 4 heteroatoms. The van der Waals surface area contributed by atoms with Crippen LogP contribution in [0.15, 0.2) is 42.5 Å². The fourth-order valence-corrected chi connectivity index (χ4v) is 3.46. The zero-order valence-electron chi connectivity index (χ0n) is 14.1. The van der Waals surface area contributed by atoms with Gasteiger partial charge in [-0.3, -0.25) is 0 Å². The standard InChI is InChI=1S/C20H21N3O/c1-14-21-19-8-4-3-7-18(19)20(22-14)23-11-5-6-15-12-17(24-2)10-9-16(15)13-23/h3-4,7-10,12H,5-6,11,13H2,1-2H3. The number of hydrogen-bond acceptors (Lipinski definition) is 4. The molecule has 0 saturated carbocycles. The van der Waals surface area contributed by atoms with Gasteiger partial charge in [0.15, 0.2) is 0 Å². The molecule has 0 unspecified atom stereocenters. The Hall–Kier alpha value is -2.62. The summed E-state index contributed by atoms with van der Waals surface area (Å²) in [5, 5.41) is 1.13. The van der Waals surface area contributed by atoms with Crippen LogP contribution in [0.4, 0.5) is 5.82 Å². The second-order valence-corrected chi connectivity index (χ2v) is 6.27. The van der Waals surface area contributed by atoms with Gasteiger partial charge in [0, 0.05) is 18.5 Å². The van der Waals surface area contributed by atoms with E-state index in [4.69, 9.17) is 9.72 Å². The Bertz CT molecular complexity index is 891. The van der Waals surface area contributed by atoms with Gasteiger partial charge in [-0.2, -0.15) is 0 Å². The fraction of sp³-hybridized carbons (Fsp3) is 0.300. The van der Waals surface area contributed by atoms with Gasteiger partial charge < -0.3 is 9.64 Å². The third-order valence-corrected chi connectivity index (χ3v) is 4.64. The van der Waals surface area contributed by atoms with E-state index < -0.39 is 0 Å². The molecule has 1 aromatic heterocycles. The third kappa shape index (κ3) is 2.68. The summed E-state index contributed by atoms with van der Waals surface area (Å²) in [5.74, 6) is 2.80. The Morgan fingerprint density at radius 2 is 1.92 bits per heavy atom. The molecule has 0 atom stereocenters. The summed E-state index contributed by atoms with van der Waals surface area (Å²) >= 11 is 0. The molecule has 0 spiro atoms. The first kappa shape index (κ1) is 14.9. The first-order valence-corrected chi connectivity index (χ1v) is 8.39. The number of methoxy groups -OCH3 is 1. The van der Waals surface area contributed by atoms with Crippen LogP contribution < -0.4 is 9.64 Å². The average molecular weight is 319 g/mol. The zero-order chi connectivity index (χ0) is 16.5. The fourth-order valence-electron chi connectivity index (χ4n) is 3.46. The third-order valence-electron chi connectivity index (χ3n) is 4.64. The normalized spacial score (nSPS) is 14.3. The maximum Gasteiger partial charge on any atom is 0.140 e. The van der Waals surface area contributed by atoms with Crippen molar-refractivity contribution in [3.63, 3.8) is 0 Å². The van der Waals surface area contributed by atoms with E-state index in [1.54, 1.807) is 7.11 Å². The lowest BCUT2D eigenvalue weighted by molar-refractivity contribution is 0.414. The molecule has 24 heavy (non-hydrogen) atoms. The van der Waals surface area contributed by atoms with Gasteiger partial charge >= 0.3 is 0 Å². The van der Waals surface area contributed by atoms with Gasteiger partial charge in [-0.25, -0.2) is 9.97 Å². The van der Waals surface area contributed by atoms with Crippen LogP contribution in [-0.4, -0.2) is 23.6 Å². The summed E-state index contributed by atoms with van der Waals surface area (Å²) in [6.07, 6.45) is 2.18. The number of nitrogens with zero attached hydrogens (tertiary/aromatic N) is 3.